The Morgan fingerprint density at radius 3 is 2.74 bits per heavy atom. The average Bonchev–Trinajstić information content (AvgIpc) is 2.36. The van der Waals surface area contributed by atoms with Crippen LogP contribution in [0.2, 0.25) is 0 Å². The van der Waals surface area contributed by atoms with E-state index in [1.807, 2.05) is 6.92 Å². The van der Waals surface area contributed by atoms with Crippen LogP contribution in [-0.4, -0.2) is 26.0 Å². The summed E-state index contributed by atoms with van der Waals surface area (Å²) >= 11 is 1.66. The van der Waals surface area contributed by atoms with E-state index >= 15 is 0 Å². The number of halogens is 1. The van der Waals surface area contributed by atoms with Gasteiger partial charge >= 0.3 is 0 Å². The second-order valence-electron chi connectivity index (χ2n) is 4.14. The zero-order chi connectivity index (χ0) is 14.5. The van der Waals surface area contributed by atoms with Crippen molar-refractivity contribution in [2.45, 2.75) is 31.3 Å². The van der Waals surface area contributed by atoms with Gasteiger partial charge in [-0.3, -0.25) is 0 Å². The summed E-state index contributed by atoms with van der Waals surface area (Å²) in [4.78, 5) is 0.0442. The largest absolute Gasteiger partial charge is 0.326 e. The predicted octanol–water partition coefficient (Wildman–Crippen LogP) is 1.70. The summed E-state index contributed by atoms with van der Waals surface area (Å²) in [6.45, 7) is 3.78. The third-order valence-corrected chi connectivity index (χ3v) is 5.21. The van der Waals surface area contributed by atoms with Gasteiger partial charge in [0.1, 0.15) is 5.82 Å². The zero-order valence-corrected chi connectivity index (χ0v) is 12.7. The Kier molecular flexibility index (Phi) is 6.25. The van der Waals surface area contributed by atoms with Gasteiger partial charge in [0.25, 0.3) is 0 Å². The van der Waals surface area contributed by atoms with Crippen LogP contribution < -0.4 is 10.5 Å². The van der Waals surface area contributed by atoms with Gasteiger partial charge in [0.05, 0.1) is 4.90 Å². The van der Waals surface area contributed by atoms with Crippen molar-refractivity contribution in [3.8, 4) is 0 Å². The van der Waals surface area contributed by atoms with Gasteiger partial charge < -0.3 is 5.73 Å². The van der Waals surface area contributed by atoms with E-state index in [1.54, 1.807) is 18.7 Å². The topological polar surface area (TPSA) is 72.2 Å². The number of nitrogens with one attached hydrogen (secondary N) is 1. The highest BCUT2D eigenvalue weighted by Gasteiger charge is 2.18. The van der Waals surface area contributed by atoms with E-state index in [0.717, 1.165) is 11.8 Å². The lowest BCUT2D eigenvalue weighted by Gasteiger charge is -2.14. The highest BCUT2D eigenvalue weighted by atomic mass is 32.2. The Morgan fingerprint density at radius 2 is 2.16 bits per heavy atom. The monoisotopic (exact) mass is 306 g/mol. The van der Waals surface area contributed by atoms with Crippen LogP contribution >= 0.6 is 11.8 Å². The van der Waals surface area contributed by atoms with Crippen molar-refractivity contribution in [3.63, 3.8) is 0 Å². The molecule has 1 atom stereocenters. The van der Waals surface area contributed by atoms with Gasteiger partial charge in [0.15, 0.2) is 0 Å². The second kappa shape index (κ2) is 7.23. The molecule has 0 aliphatic carbocycles. The molecule has 0 saturated heterocycles. The van der Waals surface area contributed by atoms with Gasteiger partial charge in [-0.15, -0.1) is 0 Å². The minimum atomic E-state index is -3.62. The van der Waals surface area contributed by atoms with Crippen molar-refractivity contribution < 1.29 is 12.8 Å². The van der Waals surface area contributed by atoms with Crippen molar-refractivity contribution in [3.05, 3.63) is 29.6 Å². The summed E-state index contributed by atoms with van der Waals surface area (Å²) in [7, 11) is -3.62. The smallest absolute Gasteiger partial charge is 0.240 e. The average molecular weight is 306 g/mol. The first-order valence-corrected chi connectivity index (χ1v) is 8.63. The van der Waals surface area contributed by atoms with E-state index in [0.29, 0.717) is 5.75 Å². The fourth-order valence-corrected chi connectivity index (χ4v) is 3.61. The molecule has 0 aromatic heterocycles. The van der Waals surface area contributed by atoms with Crippen molar-refractivity contribution in [1.82, 2.24) is 4.72 Å². The van der Waals surface area contributed by atoms with E-state index in [4.69, 9.17) is 5.73 Å². The minimum Gasteiger partial charge on any atom is -0.326 e. The minimum absolute atomic E-state index is 0.0313. The molecule has 7 heteroatoms. The second-order valence-corrected chi connectivity index (χ2v) is 7.17. The highest BCUT2D eigenvalue weighted by Crippen LogP contribution is 2.15. The highest BCUT2D eigenvalue weighted by molar-refractivity contribution is 7.99. The molecule has 0 bridgehead atoms. The molecule has 108 valence electrons. The number of hydrogen-bond donors (Lipinski definition) is 2. The fraction of sp³-hybridized carbons (Fsp3) is 0.500. The first-order valence-electron chi connectivity index (χ1n) is 5.99. The number of thioether (sulfide) groups is 1. The molecule has 0 fully saturated rings. The summed E-state index contributed by atoms with van der Waals surface area (Å²) < 4.78 is 40.1. The van der Waals surface area contributed by atoms with Crippen molar-refractivity contribution in [1.29, 1.82) is 0 Å². The number of sulfonamides is 1. The molecule has 0 aliphatic heterocycles. The molecule has 0 heterocycles. The Morgan fingerprint density at radius 1 is 1.47 bits per heavy atom. The molecular weight excluding hydrogens is 287 g/mol. The van der Waals surface area contributed by atoms with Gasteiger partial charge in [-0.25, -0.2) is 17.5 Å². The van der Waals surface area contributed by atoms with Crippen LogP contribution in [0.3, 0.4) is 0 Å². The maximum absolute atomic E-state index is 13.3. The van der Waals surface area contributed by atoms with E-state index < -0.39 is 15.8 Å². The Bertz CT molecular complexity index is 520. The molecule has 4 nitrogen and oxygen atoms in total. The van der Waals surface area contributed by atoms with E-state index in [1.165, 1.54) is 12.1 Å². The summed E-state index contributed by atoms with van der Waals surface area (Å²) in [6.07, 6.45) is 0. The Labute approximate surface area is 118 Å². The summed E-state index contributed by atoms with van der Waals surface area (Å²) in [5.41, 5.74) is 5.56. The molecule has 0 saturated carbocycles. The lowest BCUT2D eigenvalue weighted by Crippen LogP contribution is -2.34. The molecule has 1 unspecified atom stereocenters. The van der Waals surface area contributed by atoms with Crippen LogP contribution in [0.25, 0.3) is 0 Å². The Balaban J connectivity index is 2.88. The summed E-state index contributed by atoms with van der Waals surface area (Å²) in [6, 6.07) is 3.47. The molecule has 0 spiro atoms. The van der Waals surface area contributed by atoms with Crippen LogP contribution in [0.5, 0.6) is 0 Å². The SMILES string of the molecule is CCSCC(C)NS(=O)(=O)c1ccc(F)c(CN)c1. The number of rotatable bonds is 7. The summed E-state index contributed by atoms with van der Waals surface area (Å²) in [5.74, 6) is 1.14. The molecular formula is C12H19FN2O2S2. The van der Waals surface area contributed by atoms with Crippen LogP contribution in [0.4, 0.5) is 4.39 Å². The predicted molar refractivity (Wildman–Crippen MR) is 77.1 cm³/mol. The molecule has 1 rings (SSSR count). The fourth-order valence-electron chi connectivity index (χ4n) is 1.54. The molecule has 1 aromatic carbocycles. The van der Waals surface area contributed by atoms with Crippen molar-refractivity contribution in [2.75, 3.05) is 11.5 Å². The first-order chi connectivity index (χ1) is 8.90. The third-order valence-electron chi connectivity index (χ3n) is 2.48. The van der Waals surface area contributed by atoms with E-state index in [-0.39, 0.29) is 23.0 Å². The number of benzene rings is 1. The number of nitrogens with two attached hydrogens (primary N) is 1. The maximum atomic E-state index is 13.3. The van der Waals surface area contributed by atoms with Crippen LogP contribution in [-0.2, 0) is 16.6 Å². The molecule has 0 radical (unpaired) electrons. The van der Waals surface area contributed by atoms with E-state index in [9.17, 15) is 12.8 Å². The standard InChI is InChI=1S/C12H19FN2O2S2/c1-3-18-8-9(2)15-19(16,17)11-4-5-12(13)10(6-11)7-14/h4-6,9,15H,3,7-8,14H2,1-2H3. The molecule has 0 aliphatic rings. The van der Waals surface area contributed by atoms with Gasteiger partial charge in [-0.05, 0) is 30.9 Å². The van der Waals surface area contributed by atoms with Crippen LogP contribution in [0.15, 0.2) is 23.1 Å². The van der Waals surface area contributed by atoms with E-state index in [2.05, 4.69) is 4.72 Å². The quantitative estimate of drug-likeness (QED) is 0.804. The van der Waals surface area contributed by atoms with Gasteiger partial charge in [0, 0.05) is 23.9 Å². The third kappa shape index (κ3) is 4.76. The molecule has 3 N–H and O–H groups in total. The van der Waals surface area contributed by atoms with Crippen molar-refractivity contribution >= 4 is 21.8 Å². The molecule has 0 amide bonds. The lowest BCUT2D eigenvalue weighted by molar-refractivity contribution is 0.569. The van der Waals surface area contributed by atoms with Gasteiger partial charge in [-0.1, -0.05) is 6.92 Å². The first kappa shape index (κ1) is 16.4. The van der Waals surface area contributed by atoms with Crippen molar-refractivity contribution in [2.24, 2.45) is 5.73 Å². The zero-order valence-electron chi connectivity index (χ0n) is 11.0. The lowest BCUT2D eigenvalue weighted by atomic mass is 10.2. The normalized spacial score (nSPS) is 13.5. The van der Waals surface area contributed by atoms with Crippen LogP contribution in [0, 0.1) is 5.82 Å². The summed E-state index contributed by atoms with van der Waals surface area (Å²) in [5, 5.41) is 0. The van der Waals surface area contributed by atoms with Crippen LogP contribution in [0.1, 0.15) is 19.4 Å². The van der Waals surface area contributed by atoms with Gasteiger partial charge in [-0.2, -0.15) is 11.8 Å². The molecule has 19 heavy (non-hydrogen) atoms. The molecule has 1 aromatic rings. The van der Waals surface area contributed by atoms with Gasteiger partial charge in [0.2, 0.25) is 10.0 Å². The maximum Gasteiger partial charge on any atom is 0.240 e. The Hall–Kier alpha value is -0.630. The number of hydrogen-bond acceptors (Lipinski definition) is 4.